The first kappa shape index (κ1) is 12.3. The number of ether oxygens (including phenoxy) is 1. The maximum absolute atomic E-state index is 11.5. The van der Waals surface area contributed by atoms with E-state index in [-0.39, 0.29) is 12.0 Å². The lowest BCUT2D eigenvalue weighted by Crippen LogP contribution is -2.32. The molecule has 1 aromatic rings. The van der Waals surface area contributed by atoms with E-state index in [1.54, 1.807) is 7.05 Å². The second kappa shape index (κ2) is 5.97. The molecule has 1 fully saturated rings. The molecule has 17 heavy (non-hydrogen) atoms. The average Bonchev–Trinajstić information content (AvgIpc) is 2.95. The molecule has 1 unspecified atom stereocenters. The fourth-order valence-electron chi connectivity index (χ4n) is 1.56. The van der Waals surface area contributed by atoms with Crippen LogP contribution in [0.4, 0.5) is 0 Å². The molecule has 0 aliphatic carbocycles. The standard InChI is InChI=1S/C9H15N5O2S/c1-14-9(11-12-13-14)17-6-8(15)10-5-7-3-2-4-16-7/h7H,2-6H2,1H3,(H,10,15). The quantitative estimate of drug-likeness (QED) is 0.723. The van der Waals surface area contributed by atoms with Crippen LogP contribution in [0, 0.1) is 0 Å². The van der Waals surface area contributed by atoms with Gasteiger partial charge in [-0.05, 0) is 23.3 Å². The number of carbonyl (C=O) groups excluding carboxylic acids is 1. The summed E-state index contributed by atoms with van der Waals surface area (Å²) in [6.45, 7) is 1.40. The lowest BCUT2D eigenvalue weighted by atomic mass is 10.2. The van der Waals surface area contributed by atoms with Crippen LogP contribution in [0.5, 0.6) is 0 Å². The summed E-state index contributed by atoms with van der Waals surface area (Å²) in [6.07, 6.45) is 2.29. The minimum Gasteiger partial charge on any atom is -0.376 e. The number of amides is 1. The Kier molecular flexibility index (Phi) is 4.32. The Bertz CT molecular complexity index is 377. The average molecular weight is 257 g/mol. The lowest BCUT2D eigenvalue weighted by molar-refractivity contribution is -0.119. The van der Waals surface area contributed by atoms with E-state index in [0.717, 1.165) is 19.4 Å². The van der Waals surface area contributed by atoms with Crippen LogP contribution < -0.4 is 5.32 Å². The van der Waals surface area contributed by atoms with E-state index < -0.39 is 0 Å². The third kappa shape index (κ3) is 3.67. The molecule has 0 spiro atoms. The van der Waals surface area contributed by atoms with Crippen molar-refractivity contribution < 1.29 is 9.53 Å². The Morgan fingerprint density at radius 2 is 2.59 bits per heavy atom. The Balaban J connectivity index is 1.65. The number of aromatic nitrogens is 4. The van der Waals surface area contributed by atoms with Crippen molar-refractivity contribution in [3.05, 3.63) is 0 Å². The van der Waals surface area contributed by atoms with Crippen molar-refractivity contribution in [2.75, 3.05) is 18.9 Å². The number of nitrogens with zero attached hydrogens (tertiary/aromatic N) is 4. The fraction of sp³-hybridized carbons (Fsp3) is 0.778. The zero-order chi connectivity index (χ0) is 12.1. The highest BCUT2D eigenvalue weighted by atomic mass is 32.2. The summed E-state index contributed by atoms with van der Waals surface area (Å²) in [5.41, 5.74) is 0. The summed E-state index contributed by atoms with van der Waals surface area (Å²) in [6, 6.07) is 0. The molecule has 1 N–H and O–H groups in total. The smallest absolute Gasteiger partial charge is 0.230 e. The number of nitrogens with one attached hydrogen (secondary N) is 1. The van der Waals surface area contributed by atoms with Gasteiger partial charge >= 0.3 is 0 Å². The second-order valence-corrected chi connectivity index (χ2v) is 4.76. The molecule has 1 aromatic heterocycles. The zero-order valence-corrected chi connectivity index (χ0v) is 10.4. The van der Waals surface area contributed by atoms with Gasteiger partial charge in [0.25, 0.3) is 0 Å². The number of hydrogen-bond donors (Lipinski definition) is 1. The summed E-state index contributed by atoms with van der Waals surface area (Å²) in [7, 11) is 1.74. The van der Waals surface area contributed by atoms with Crippen LogP contribution in [0.3, 0.4) is 0 Å². The van der Waals surface area contributed by atoms with Crippen molar-refractivity contribution >= 4 is 17.7 Å². The Labute approximate surface area is 103 Å². The van der Waals surface area contributed by atoms with Gasteiger partial charge in [-0.15, -0.1) is 5.10 Å². The SMILES string of the molecule is Cn1nnnc1SCC(=O)NCC1CCCO1. The van der Waals surface area contributed by atoms with E-state index in [2.05, 4.69) is 20.8 Å². The maximum Gasteiger partial charge on any atom is 0.230 e. The normalized spacial score (nSPS) is 19.5. The minimum atomic E-state index is -0.0199. The highest BCUT2D eigenvalue weighted by Crippen LogP contribution is 2.12. The largest absolute Gasteiger partial charge is 0.376 e. The van der Waals surface area contributed by atoms with Crippen LogP contribution in [0.15, 0.2) is 5.16 Å². The molecule has 2 rings (SSSR count). The van der Waals surface area contributed by atoms with Crippen LogP contribution in [0.25, 0.3) is 0 Å². The topological polar surface area (TPSA) is 81.9 Å². The van der Waals surface area contributed by atoms with Crippen LogP contribution in [0.2, 0.25) is 0 Å². The first-order valence-electron chi connectivity index (χ1n) is 5.49. The number of hydrogen-bond acceptors (Lipinski definition) is 6. The van der Waals surface area contributed by atoms with Crippen molar-refractivity contribution in [1.29, 1.82) is 0 Å². The van der Waals surface area contributed by atoms with Gasteiger partial charge in [-0.3, -0.25) is 4.79 Å². The summed E-state index contributed by atoms with van der Waals surface area (Å²) in [4.78, 5) is 11.5. The Hall–Kier alpha value is -1.15. The first-order valence-corrected chi connectivity index (χ1v) is 6.47. The predicted molar refractivity (Wildman–Crippen MR) is 61.5 cm³/mol. The van der Waals surface area contributed by atoms with Crippen molar-refractivity contribution in [2.24, 2.45) is 7.05 Å². The van der Waals surface area contributed by atoms with Gasteiger partial charge in [0, 0.05) is 20.2 Å². The van der Waals surface area contributed by atoms with E-state index >= 15 is 0 Å². The monoisotopic (exact) mass is 257 g/mol. The van der Waals surface area contributed by atoms with Crippen LogP contribution in [-0.4, -0.2) is 51.1 Å². The van der Waals surface area contributed by atoms with Crippen LogP contribution in [-0.2, 0) is 16.6 Å². The van der Waals surface area contributed by atoms with Crippen LogP contribution >= 0.6 is 11.8 Å². The molecule has 7 nitrogen and oxygen atoms in total. The summed E-state index contributed by atoms with van der Waals surface area (Å²) < 4.78 is 6.95. The molecule has 0 radical (unpaired) electrons. The van der Waals surface area contributed by atoms with Crippen LogP contribution in [0.1, 0.15) is 12.8 Å². The molecule has 0 saturated carbocycles. The van der Waals surface area contributed by atoms with Gasteiger partial charge in [0.15, 0.2) is 0 Å². The zero-order valence-electron chi connectivity index (χ0n) is 9.63. The molecule has 0 aromatic carbocycles. The van der Waals surface area contributed by atoms with Gasteiger partial charge in [0.05, 0.1) is 11.9 Å². The van der Waals surface area contributed by atoms with Crippen molar-refractivity contribution in [3.63, 3.8) is 0 Å². The first-order chi connectivity index (χ1) is 8.25. The van der Waals surface area contributed by atoms with E-state index in [0.29, 0.717) is 17.5 Å². The summed E-state index contributed by atoms with van der Waals surface area (Å²) in [5.74, 6) is 0.300. The van der Waals surface area contributed by atoms with Crippen molar-refractivity contribution in [2.45, 2.75) is 24.1 Å². The summed E-state index contributed by atoms with van der Waals surface area (Å²) in [5, 5.41) is 14.5. The molecule has 1 aliphatic rings. The molecular formula is C9H15N5O2S. The molecule has 2 heterocycles. The Morgan fingerprint density at radius 3 is 3.24 bits per heavy atom. The maximum atomic E-state index is 11.5. The summed E-state index contributed by atoms with van der Waals surface area (Å²) >= 11 is 1.32. The number of tetrazole rings is 1. The molecule has 1 amide bonds. The Morgan fingerprint density at radius 1 is 1.71 bits per heavy atom. The highest BCUT2D eigenvalue weighted by Gasteiger charge is 2.16. The highest BCUT2D eigenvalue weighted by molar-refractivity contribution is 7.99. The molecule has 1 saturated heterocycles. The number of aryl methyl sites for hydroxylation is 1. The van der Waals surface area contributed by atoms with Crippen molar-refractivity contribution in [1.82, 2.24) is 25.5 Å². The molecule has 0 bridgehead atoms. The number of carbonyl (C=O) groups is 1. The molecule has 94 valence electrons. The second-order valence-electron chi connectivity index (χ2n) is 3.81. The molecule has 1 aliphatic heterocycles. The fourth-order valence-corrected chi connectivity index (χ4v) is 2.24. The molecular weight excluding hydrogens is 242 g/mol. The van der Waals surface area contributed by atoms with Gasteiger partial charge < -0.3 is 10.1 Å². The van der Waals surface area contributed by atoms with E-state index in [4.69, 9.17) is 4.74 Å². The van der Waals surface area contributed by atoms with Crippen molar-refractivity contribution in [3.8, 4) is 0 Å². The van der Waals surface area contributed by atoms with Gasteiger partial charge in [-0.1, -0.05) is 11.8 Å². The third-order valence-electron chi connectivity index (χ3n) is 2.46. The minimum absolute atomic E-state index is 0.0199. The van der Waals surface area contributed by atoms with Gasteiger partial charge in [0.2, 0.25) is 11.1 Å². The van der Waals surface area contributed by atoms with Gasteiger partial charge in [-0.25, -0.2) is 4.68 Å². The van der Waals surface area contributed by atoms with Gasteiger partial charge in [0.1, 0.15) is 0 Å². The predicted octanol–water partition coefficient (Wildman–Crippen LogP) is -0.403. The van der Waals surface area contributed by atoms with Gasteiger partial charge in [-0.2, -0.15) is 0 Å². The van der Waals surface area contributed by atoms with E-state index in [9.17, 15) is 4.79 Å². The van der Waals surface area contributed by atoms with E-state index in [1.165, 1.54) is 16.4 Å². The molecule has 1 atom stereocenters. The lowest BCUT2D eigenvalue weighted by Gasteiger charge is -2.10. The third-order valence-corrected chi connectivity index (χ3v) is 3.48. The molecule has 8 heteroatoms. The number of thioether (sulfide) groups is 1. The van der Waals surface area contributed by atoms with E-state index in [1.807, 2.05) is 0 Å². The number of rotatable bonds is 5.